The molecule has 0 aliphatic carbocycles. The summed E-state index contributed by atoms with van der Waals surface area (Å²) in [6, 6.07) is 0. The molecule has 0 radical (unpaired) electrons. The molecule has 0 saturated carbocycles. The Morgan fingerprint density at radius 2 is 1.91 bits per heavy atom. The first-order chi connectivity index (χ1) is 5.06. The Morgan fingerprint density at radius 1 is 1.36 bits per heavy atom. The average molecular weight is 158 g/mol. The van der Waals surface area contributed by atoms with Gasteiger partial charge in [0.05, 0.1) is 12.2 Å². The molecule has 0 aromatic rings. The van der Waals surface area contributed by atoms with E-state index in [9.17, 15) is 4.79 Å². The zero-order valence-corrected chi connectivity index (χ0v) is 7.89. The van der Waals surface area contributed by atoms with Gasteiger partial charge in [0.1, 0.15) is 5.78 Å². The fraction of sp³-hybridized carbons (Fsp3) is 0.889. The smallest absolute Gasteiger partial charge is 0.132 e. The van der Waals surface area contributed by atoms with Gasteiger partial charge in [-0.2, -0.15) is 0 Å². The second kappa shape index (κ2) is 5.30. The van der Waals surface area contributed by atoms with Gasteiger partial charge in [0, 0.05) is 6.42 Å². The molecular weight excluding hydrogens is 140 g/mol. The number of ether oxygens (including phenoxy) is 1. The third-order valence-corrected chi connectivity index (χ3v) is 1.61. The van der Waals surface area contributed by atoms with E-state index in [1.54, 1.807) is 6.92 Å². The Bertz CT molecular complexity index is 121. The van der Waals surface area contributed by atoms with Gasteiger partial charge >= 0.3 is 0 Å². The van der Waals surface area contributed by atoms with Crippen molar-refractivity contribution in [1.82, 2.24) is 0 Å². The van der Waals surface area contributed by atoms with Crippen LogP contribution in [0.25, 0.3) is 0 Å². The van der Waals surface area contributed by atoms with Gasteiger partial charge in [-0.15, -0.1) is 0 Å². The number of hydrogen-bond donors (Lipinski definition) is 0. The average Bonchev–Trinajstić information content (AvgIpc) is 1.85. The fourth-order valence-electron chi connectivity index (χ4n) is 0.946. The summed E-state index contributed by atoms with van der Waals surface area (Å²) in [5.74, 6) is 0.195. The van der Waals surface area contributed by atoms with Crippen molar-refractivity contribution in [3.63, 3.8) is 0 Å². The molecule has 1 unspecified atom stereocenters. The number of carbonyl (C=O) groups is 1. The second-order valence-electron chi connectivity index (χ2n) is 3.07. The van der Waals surface area contributed by atoms with Crippen LogP contribution in [0.1, 0.15) is 40.5 Å². The monoisotopic (exact) mass is 158 g/mol. The highest BCUT2D eigenvalue weighted by Gasteiger charge is 2.08. The van der Waals surface area contributed by atoms with Gasteiger partial charge < -0.3 is 4.74 Å². The van der Waals surface area contributed by atoms with Gasteiger partial charge in [-0.25, -0.2) is 0 Å². The molecule has 0 spiro atoms. The van der Waals surface area contributed by atoms with Crippen molar-refractivity contribution in [2.24, 2.45) is 0 Å². The lowest BCUT2D eigenvalue weighted by Crippen LogP contribution is -2.18. The van der Waals surface area contributed by atoms with Gasteiger partial charge in [-0.1, -0.05) is 6.92 Å². The molecule has 0 aliphatic rings. The first kappa shape index (κ1) is 10.6. The van der Waals surface area contributed by atoms with Gasteiger partial charge in [-0.3, -0.25) is 4.79 Å². The third kappa shape index (κ3) is 6.05. The zero-order valence-electron chi connectivity index (χ0n) is 7.89. The number of rotatable bonds is 5. The van der Waals surface area contributed by atoms with E-state index in [4.69, 9.17) is 4.74 Å². The summed E-state index contributed by atoms with van der Waals surface area (Å²) in [7, 11) is 0. The van der Waals surface area contributed by atoms with Crippen LogP contribution in [0.3, 0.4) is 0 Å². The summed E-state index contributed by atoms with van der Waals surface area (Å²) in [5.41, 5.74) is 0. The van der Waals surface area contributed by atoms with Crippen LogP contribution in [0.5, 0.6) is 0 Å². The van der Waals surface area contributed by atoms with Gasteiger partial charge in [-0.05, 0) is 27.2 Å². The van der Waals surface area contributed by atoms with E-state index in [0.29, 0.717) is 6.42 Å². The molecule has 11 heavy (non-hydrogen) atoms. The topological polar surface area (TPSA) is 26.3 Å². The van der Waals surface area contributed by atoms with Crippen molar-refractivity contribution in [3.8, 4) is 0 Å². The molecule has 0 N–H and O–H groups in total. The molecule has 2 nitrogen and oxygen atoms in total. The Hall–Kier alpha value is -0.370. The lowest BCUT2D eigenvalue weighted by Gasteiger charge is -2.16. The van der Waals surface area contributed by atoms with Crippen LogP contribution in [0, 0.1) is 0 Å². The summed E-state index contributed by atoms with van der Waals surface area (Å²) in [6.45, 7) is 7.63. The molecule has 0 saturated heterocycles. The first-order valence-corrected chi connectivity index (χ1v) is 4.21. The van der Waals surface area contributed by atoms with Crippen molar-refractivity contribution >= 4 is 5.78 Å². The summed E-state index contributed by atoms with van der Waals surface area (Å²) in [4.78, 5) is 10.6. The molecule has 2 heteroatoms. The molecule has 0 heterocycles. The van der Waals surface area contributed by atoms with Crippen molar-refractivity contribution in [3.05, 3.63) is 0 Å². The normalized spacial score (nSPS) is 16.0. The van der Waals surface area contributed by atoms with Crippen molar-refractivity contribution < 1.29 is 9.53 Å². The highest BCUT2D eigenvalue weighted by atomic mass is 16.5. The standard InChI is InChI=1S/C9H18O2/c1-5-8(3)11-9(4)6-7(2)10/h8-9H,5-6H2,1-4H3/t8-,9?/m0/s1. The van der Waals surface area contributed by atoms with Gasteiger partial charge in [0.2, 0.25) is 0 Å². The SMILES string of the molecule is CC[C@H](C)OC(C)CC(C)=O. The second-order valence-corrected chi connectivity index (χ2v) is 3.07. The Morgan fingerprint density at radius 3 is 2.27 bits per heavy atom. The number of ketones is 1. The maximum Gasteiger partial charge on any atom is 0.132 e. The van der Waals surface area contributed by atoms with E-state index in [0.717, 1.165) is 6.42 Å². The van der Waals surface area contributed by atoms with E-state index in [1.807, 2.05) is 13.8 Å². The molecule has 0 fully saturated rings. The predicted octanol–water partition coefficient (Wildman–Crippen LogP) is 2.17. The van der Waals surface area contributed by atoms with Gasteiger partial charge in [0.25, 0.3) is 0 Å². The van der Waals surface area contributed by atoms with E-state index in [-0.39, 0.29) is 18.0 Å². The minimum Gasteiger partial charge on any atom is -0.375 e. The largest absolute Gasteiger partial charge is 0.375 e. The highest BCUT2D eigenvalue weighted by molar-refractivity contribution is 5.75. The minimum absolute atomic E-state index is 0.0717. The number of Topliss-reactive ketones (excluding diaryl/α,β-unsaturated/α-hetero) is 1. The third-order valence-electron chi connectivity index (χ3n) is 1.61. The maximum absolute atomic E-state index is 10.6. The van der Waals surface area contributed by atoms with E-state index in [2.05, 4.69) is 6.92 Å². The van der Waals surface area contributed by atoms with Crippen molar-refractivity contribution in [1.29, 1.82) is 0 Å². The predicted molar refractivity (Wildman–Crippen MR) is 45.6 cm³/mol. The van der Waals surface area contributed by atoms with E-state index >= 15 is 0 Å². The van der Waals surface area contributed by atoms with Crippen LogP contribution in [-0.4, -0.2) is 18.0 Å². The van der Waals surface area contributed by atoms with Crippen molar-refractivity contribution in [2.75, 3.05) is 0 Å². The van der Waals surface area contributed by atoms with Crippen LogP contribution in [0.4, 0.5) is 0 Å². The van der Waals surface area contributed by atoms with E-state index < -0.39 is 0 Å². The first-order valence-electron chi connectivity index (χ1n) is 4.21. The molecule has 0 aromatic heterocycles. The maximum atomic E-state index is 10.6. The summed E-state index contributed by atoms with van der Waals surface area (Å²) in [6.07, 6.45) is 1.87. The minimum atomic E-state index is 0.0717. The lowest BCUT2D eigenvalue weighted by molar-refractivity contribution is -0.120. The summed E-state index contributed by atoms with van der Waals surface area (Å²) in [5, 5.41) is 0. The van der Waals surface area contributed by atoms with Crippen LogP contribution >= 0.6 is 0 Å². The Balaban J connectivity index is 3.51. The molecule has 2 atom stereocenters. The van der Waals surface area contributed by atoms with Crippen LogP contribution in [0.2, 0.25) is 0 Å². The van der Waals surface area contributed by atoms with Crippen LogP contribution < -0.4 is 0 Å². The quantitative estimate of drug-likeness (QED) is 0.613. The molecule has 0 amide bonds. The molecule has 66 valence electrons. The van der Waals surface area contributed by atoms with Crippen LogP contribution in [-0.2, 0) is 9.53 Å². The zero-order chi connectivity index (χ0) is 8.85. The van der Waals surface area contributed by atoms with Gasteiger partial charge in [0.15, 0.2) is 0 Å². The summed E-state index contributed by atoms with van der Waals surface area (Å²) >= 11 is 0. The van der Waals surface area contributed by atoms with Crippen LogP contribution in [0.15, 0.2) is 0 Å². The molecule has 0 bridgehead atoms. The highest BCUT2D eigenvalue weighted by Crippen LogP contribution is 2.04. The molecule has 0 aromatic carbocycles. The lowest BCUT2D eigenvalue weighted by atomic mass is 10.2. The fourth-order valence-corrected chi connectivity index (χ4v) is 0.946. The molecular formula is C9H18O2. The van der Waals surface area contributed by atoms with E-state index in [1.165, 1.54) is 0 Å². The van der Waals surface area contributed by atoms with Crippen molar-refractivity contribution in [2.45, 2.75) is 52.7 Å². The Labute approximate surface area is 68.9 Å². The number of carbonyl (C=O) groups excluding carboxylic acids is 1. The summed E-state index contributed by atoms with van der Waals surface area (Å²) < 4.78 is 5.49. The molecule has 0 rings (SSSR count). The molecule has 0 aliphatic heterocycles. The Kier molecular flexibility index (Phi) is 5.12. The number of hydrogen-bond acceptors (Lipinski definition) is 2.